The molecule has 3 aromatic rings. The summed E-state index contributed by atoms with van der Waals surface area (Å²) in [7, 11) is 0. The normalized spacial score (nSPS) is 16.0. The van der Waals surface area contributed by atoms with E-state index < -0.39 is 0 Å². The van der Waals surface area contributed by atoms with E-state index in [0.717, 1.165) is 51.4 Å². The van der Waals surface area contributed by atoms with Gasteiger partial charge in [-0.1, -0.05) is 43.3 Å². The minimum Gasteiger partial charge on any atom is -0.507 e. The first-order valence-corrected chi connectivity index (χ1v) is 17.2. The van der Waals surface area contributed by atoms with Crippen LogP contribution >= 0.6 is 0 Å². The van der Waals surface area contributed by atoms with Crippen molar-refractivity contribution in [2.75, 3.05) is 109 Å². The van der Waals surface area contributed by atoms with Crippen LogP contribution in [0.3, 0.4) is 0 Å². The lowest BCUT2D eigenvalue weighted by Crippen LogP contribution is -2.49. The van der Waals surface area contributed by atoms with E-state index in [2.05, 4.69) is 56.1 Å². The van der Waals surface area contributed by atoms with Crippen molar-refractivity contribution in [3.8, 4) is 17.0 Å². The number of aromatic nitrogens is 2. The third kappa shape index (κ3) is 10.6. The first kappa shape index (κ1) is 35.5. The third-order valence-corrected chi connectivity index (χ3v) is 9.01. The molecular formula is C36H51N7O5. The molecule has 3 heterocycles. The highest BCUT2D eigenvalue weighted by Crippen LogP contribution is 2.31. The molecule has 5 rings (SSSR count). The molecule has 260 valence electrons. The van der Waals surface area contributed by atoms with Crippen molar-refractivity contribution in [3.63, 3.8) is 0 Å². The number of carbonyl (C=O) groups excluding carboxylic acids is 1. The lowest BCUT2D eigenvalue weighted by Gasteiger charge is -2.36. The number of ether oxygens (including phenoxy) is 3. The van der Waals surface area contributed by atoms with Crippen molar-refractivity contribution in [1.82, 2.24) is 24.9 Å². The molecule has 2 aliphatic rings. The molecule has 2 aromatic carbocycles. The van der Waals surface area contributed by atoms with Gasteiger partial charge in [0.1, 0.15) is 5.75 Å². The molecule has 1 aromatic heterocycles. The maximum Gasteiger partial charge on any atom is 0.225 e. The van der Waals surface area contributed by atoms with Crippen LogP contribution in [0.4, 0.5) is 11.5 Å². The minimum atomic E-state index is 0.0720. The van der Waals surface area contributed by atoms with Gasteiger partial charge in [-0.15, -0.1) is 10.2 Å². The smallest absolute Gasteiger partial charge is 0.225 e. The van der Waals surface area contributed by atoms with E-state index >= 15 is 0 Å². The average molecular weight is 662 g/mol. The number of amides is 1. The fraction of sp³-hybridized carbons (Fsp3) is 0.528. The average Bonchev–Trinajstić information content (AvgIpc) is 3.12. The van der Waals surface area contributed by atoms with Gasteiger partial charge in [0.15, 0.2) is 5.82 Å². The van der Waals surface area contributed by atoms with E-state index in [4.69, 9.17) is 19.9 Å². The summed E-state index contributed by atoms with van der Waals surface area (Å²) < 4.78 is 17.1. The van der Waals surface area contributed by atoms with Crippen molar-refractivity contribution in [2.45, 2.75) is 26.3 Å². The summed E-state index contributed by atoms with van der Waals surface area (Å²) >= 11 is 0. The first-order valence-electron chi connectivity index (χ1n) is 17.2. The number of aromatic hydroxyl groups is 1. The summed E-state index contributed by atoms with van der Waals surface area (Å²) in [4.78, 5) is 21.7. The number of piperazine rings is 2. The molecule has 12 heteroatoms. The second kappa shape index (κ2) is 18.7. The number of carbonyl (C=O) groups is 1. The van der Waals surface area contributed by atoms with Crippen LogP contribution in [0, 0.1) is 0 Å². The number of phenolic OH excluding ortho intramolecular Hbond substituents is 1. The minimum absolute atomic E-state index is 0.0720. The van der Waals surface area contributed by atoms with Crippen molar-refractivity contribution < 1.29 is 24.1 Å². The molecule has 0 spiro atoms. The van der Waals surface area contributed by atoms with Crippen molar-refractivity contribution >= 4 is 17.4 Å². The summed E-state index contributed by atoms with van der Waals surface area (Å²) in [5.74, 6) is 0.532. The molecule has 2 saturated heterocycles. The van der Waals surface area contributed by atoms with Gasteiger partial charge in [-0.25, -0.2) is 0 Å². The second-order valence-electron chi connectivity index (χ2n) is 12.3. The number of aryl methyl sites for hydroxylation is 1. The number of para-hydroxylation sites is 1. The third-order valence-electron chi connectivity index (χ3n) is 9.01. The fourth-order valence-corrected chi connectivity index (χ4v) is 6.03. The lowest BCUT2D eigenvalue weighted by atomic mass is 10.1. The van der Waals surface area contributed by atoms with E-state index in [-0.39, 0.29) is 11.7 Å². The number of anilines is 2. The fourth-order valence-electron chi connectivity index (χ4n) is 6.03. The summed E-state index contributed by atoms with van der Waals surface area (Å²) in [5.41, 5.74) is 10.8. The second-order valence-corrected chi connectivity index (χ2v) is 12.3. The molecular weight excluding hydrogens is 610 g/mol. The van der Waals surface area contributed by atoms with Gasteiger partial charge >= 0.3 is 0 Å². The van der Waals surface area contributed by atoms with Crippen LogP contribution in [0.2, 0.25) is 0 Å². The summed E-state index contributed by atoms with van der Waals surface area (Å²) in [6.45, 7) is 14.0. The zero-order chi connectivity index (χ0) is 33.6. The molecule has 1 amide bonds. The van der Waals surface area contributed by atoms with Crippen LogP contribution in [-0.2, 0) is 32.0 Å². The Balaban J connectivity index is 0.854. The maximum absolute atomic E-state index is 12.7. The first-order chi connectivity index (χ1) is 23.5. The molecule has 0 bridgehead atoms. The number of nitrogens with zero attached hydrogens (tertiary/aromatic N) is 6. The monoisotopic (exact) mass is 661 g/mol. The highest BCUT2D eigenvalue weighted by Gasteiger charge is 2.23. The summed E-state index contributed by atoms with van der Waals surface area (Å²) in [6.07, 6.45) is 1.42. The van der Waals surface area contributed by atoms with Crippen molar-refractivity contribution in [2.24, 2.45) is 0 Å². The number of hydrogen-bond donors (Lipinski definition) is 2. The Labute approximate surface area is 284 Å². The van der Waals surface area contributed by atoms with Crippen LogP contribution in [0.5, 0.6) is 5.75 Å². The van der Waals surface area contributed by atoms with E-state index in [1.54, 1.807) is 18.2 Å². The molecule has 2 aliphatic heterocycles. The topological polar surface area (TPSA) is 130 Å². The molecule has 12 nitrogen and oxygen atoms in total. The van der Waals surface area contributed by atoms with E-state index in [0.29, 0.717) is 89.3 Å². The van der Waals surface area contributed by atoms with Crippen molar-refractivity contribution in [1.29, 1.82) is 0 Å². The Kier molecular flexibility index (Phi) is 13.8. The van der Waals surface area contributed by atoms with Crippen LogP contribution in [0.15, 0.2) is 54.6 Å². The number of phenols is 1. The number of rotatable bonds is 17. The number of nitrogens with two attached hydrogens (primary N) is 1. The van der Waals surface area contributed by atoms with Gasteiger partial charge in [0.2, 0.25) is 5.91 Å². The molecule has 2 fully saturated rings. The number of benzene rings is 2. The van der Waals surface area contributed by atoms with Gasteiger partial charge in [0.25, 0.3) is 0 Å². The van der Waals surface area contributed by atoms with Gasteiger partial charge in [-0.2, -0.15) is 0 Å². The molecule has 48 heavy (non-hydrogen) atoms. The summed E-state index contributed by atoms with van der Waals surface area (Å²) in [5, 5.41) is 18.5. The molecule has 0 atom stereocenters. The number of nitrogen functional groups attached to an aromatic ring is 1. The van der Waals surface area contributed by atoms with Crippen molar-refractivity contribution in [3.05, 3.63) is 65.7 Å². The van der Waals surface area contributed by atoms with Gasteiger partial charge < -0.3 is 34.9 Å². The Bertz CT molecular complexity index is 1410. The molecule has 0 saturated carbocycles. The molecule has 0 unspecified atom stereocenters. The van der Waals surface area contributed by atoms with E-state index in [1.165, 1.54) is 11.1 Å². The highest BCUT2D eigenvalue weighted by atomic mass is 16.5. The van der Waals surface area contributed by atoms with Gasteiger partial charge in [0, 0.05) is 71.0 Å². The van der Waals surface area contributed by atoms with Crippen LogP contribution in [0.25, 0.3) is 11.3 Å². The molecule has 0 aliphatic carbocycles. The Morgan fingerprint density at radius 3 is 2.08 bits per heavy atom. The van der Waals surface area contributed by atoms with Gasteiger partial charge in [0.05, 0.1) is 57.4 Å². The molecule has 0 radical (unpaired) electrons. The van der Waals surface area contributed by atoms with Gasteiger partial charge in [-0.05, 0) is 35.7 Å². The van der Waals surface area contributed by atoms with E-state index in [9.17, 15) is 9.90 Å². The SMILES string of the molecule is CCc1ccc(CN2CCN(CCOCCOCCOCCC(=O)N3CCN(c4cc(-c5ccccc5O)nnc4N)CC3)CC2)cc1. The zero-order valence-electron chi connectivity index (χ0n) is 28.3. The number of hydrogen-bond acceptors (Lipinski definition) is 11. The Hall–Kier alpha value is -3.81. The lowest BCUT2D eigenvalue weighted by molar-refractivity contribution is -0.132. The van der Waals surface area contributed by atoms with Crippen LogP contribution in [-0.4, -0.2) is 134 Å². The van der Waals surface area contributed by atoms with Gasteiger partial charge in [-0.3, -0.25) is 14.6 Å². The largest absolute Gasteiger partial charge is 0.507 e. The van der Waals surface area contributed by atoms with Crippen LogP contribution < -0.4 is 10.6 Å². The zero-order valence-corrected chi connectivity index (χ0v) is 28.3. The Morgan fingerprint density at radius 1 is 0.771 bits per heavy atom. The maximum atomic E-state index is 12.7. The van der Waals surface area contributed by atoms with E-state index in [1.807, 2.05) is 17.0 Å². The quantitative estimate of drug-likeness (QED) is 0.207. The Morgan fingerprint density at radius 2 is 1.40 bits per heavy atom. The summed E-state index contributed by atoms with van der Waals surface area (Å²) in [6, 6.07) is 17.8. The molecule has 3 N–H and O–H groups in total. The van der Waals surface area contributed by atoms with Crippen LogP contribution in [0.1, 0.15) is 24.5 Å². The highest BCUT2D eigenvalue weighted by molar-refractivity contribution is 5.77. The standard InChI is InChI=1S/C36H51N7O5/c1-2-29-7-9-30(10-8-29)28-41-14-12-40(13-15-41)20-22-47-24-26-48-25-23-46-21-11-35(45)43-18-16-42(17-19-43)33-27-32(38-39-36(33)37)31-5-3-4-6-34(31)44/h3-10,27,44H,2,11-26,28H2,1H3,(H2,37,39). The predicted octanol–water partition coefficient (Wildman–Crippen LogP) is 2.90. The predicted molar refractivity (Wildman–Crippen MR) is 187 cm³/mol.